The third-order valence-corrected chi connectivity index (χ3v) is 5.47. The maximum Gasteiger partial charge on any atom is 0.255 e. The van der Waals surface area contributed by atoms with Gasteiger partial charge in [-0.2, -0.15) is 0 Å². The molecule has 1 N–H and O–H groups in total. The van der Waals surface area contributed by atoms with Crippen LogP contribution in [-0.2, 0) is 0 Å². The van der Waals surface area contributed by atoms with Crippen LogP contribution in [0.3, 0.4) is 0 Å². The maximum absolute atomic E-state index is 12.8. The first-order valence-electron chi connectivity index (χ1n) is 9.62. The average molecular weight is 402 g/mol. The van der Waals surface area contributed by atoms with Crippen molar-refractivity contribution in [2.75, 3.05) is 45.7 Å². The number of nitrogens with zero attached hydrogens (tertiary/aromatic N) is 2. The van der Waals surface area contributed by atoms with Crippen LogP contribution in [0.25, 0.3) is 0 Å². The lowest BCUT2D eigenvalue weighted by molar-refractivity contribution is 0.0935. The van der Waals surface area contributed by atoms with Crippen LogP contribution in [0.5, 0.6) is 5.75 Å². The van der Waals surface area contributed by atoms with Gasteiger partial charge in [-0.3, -0.25) is 9.69 Å². The number of methoxy groups -OCH3 is 1. The van der Waals surface area contributed by atoms with Gasteiger partial charge in [0.2, 0.25) is 0 Å². The molecule has 0 aromatic heterocycles. The van der Waals surface area contributed by atoms with Gasteiger partial charge in [0.05, 0.1) is 18.7 Å². The van der Waals surface area contributed by atoms with Gasteiger partial charge in [-0.25, -0.2) is 0 Å². The summed E-state index contributed by atoms with van der Waals surface area (Å²) in [5.74, 6) is 0.350. The first-order valence-corrected chi connectivity index (χ1v) is 10.0. The first kappa shape index (κ1) is 20.5. The van der Waals surface area contributed by atoms with Gasteiger partial charge < -0.3 is 15.0 Å². The number of hydrogen-bond donors (Lipinski definition) is 1. The normalized spacial score (nSPS) is 15.3. The van der Waals surface area contributed by atoms with E-state index in [4.69, 9.17) is 16.3 Å². The standard InChI is InChI=1S/C22H28ClN3O2/c1-25(2)18-9-6-16(7-10-18)20(26-12-4-5-13-26)15-24-22(27)19-14-17(23)8-11-21(19)28-3/h6-11,14,20H,4-5,12-13,15H2,1-3H3,(H,24,27)/t20-/m1/s1. The molecular formula is C22H28ClN3O2. The average Bonchev–Trinajstić information content (AvgIpc) is 3.22. The lowest BCUT2D eigenvalue weighted by Gasteiger charge is -2.28. The van der Waals surface area contributed by atoms with E-state index < -0.39 is 0 Å². The Morgan fingerprint density at radius 1 is 1.18 bits per heavy atom. The molecule has 1 fully saturated rings. The fourth-order valence-corrected chi connectivity index (χ4v) is 3.82. The Morgan fingerprint density at radius 2 is 1.86 bits per heavy atom. The number of carbonyl (C=O) groups is 1. The van der Waals surface area contributed by atoms with E-state index in [-0.39, 0.29) is 11.9 Å². The molecule has 0 bridgehead atoms. The lowest BCUT2D eigenvalue weighted by Crippen LogP contribution is -2.37. The highest BCUT2D eigenvalue weighted by molar-refractivity contribution is 6.31. The topological polar surface area (TPSA) is 44.8 Å². The van der Waals surface area contributed by atoms with E-state index in [1.54, 1.807) is 25.3 Å². The summed E-state index contributed by atoms with van der Waals surface area (Å²) >= 11 is 6.07. The molecule has 150 valence electrons. The number of hydrogen-bond acceptors (Lipinski definition) is 4. The van der Waals surface area contributed by atoms with Crippen LogP contribution in [0, 0.1) is 0 Å². The second-order valence-electron chi connectivity index (χ2n) is 7.30. The Hall–Kier alpha value is -2.24. The minimum Gasteiger partial charge on any atom is -0.496 e. The van der Waals surface area contributed by atoms with Gasteiger partial charge in [0.1, 0.15) is 5.75 Å². The molecule has 2 aromatic rings. The quantitative estimate of drug-likeness (QED) is 0.762. The fourth-order valence-electron chi connectivity index (χ4n) is 3.65. The maximum atomic E-state index is 12.8. The van der Waals surface area contributed by atoms with E-state index >= 15 is 0 Å². The van der Waals surface area contributed by atoms with Gasteiger partial charge in [0.25, 0.3) is 5.91 Å². The number of likely N-dealkylation sites (tertiary alicyclic amines) is 1. The van der Waals surface area contributed by atoms with E-state index in [1.165, 1.54) is 18.4 Å². The number of anilines is 1. The third kappa shape index (κ3) is 4.78. The Labute approximate surface area is 172 Å². The number of ether oxygens (including phenoxy) is 1. The molecule has 3 rings (SSSR count). The molecule has 2 aromatic carbocycles. The Balaban J connectivity index is 1.77. The number of amides is 1. The molecule has 0 radical (unpaired) electrons. The van der Waals surface area contributed by atoms with E-state index in [0.29, 0.717) is 22.9 Å². The van der Waals surface area contributed by atoms with E-state index in [2.05, 4.69) is 39.4 Å². The first-order chi connectivity index (χ1) is 13.5. The Kier molecular flexibility index (Phi) is 6.81. The molecule has 1 amide bonds. The summed E-state index contributed by atoms with van der Waals surface area (Å²) in [4.78, 5) is 17.3. The predicted molar refractivity (Wildman–Crippen MR) is 115 cm³/mol. The van der Waals surface area contributed by atoms with Crippen molar-refractivity contribution in [1.29, 1.82) is 0 Å². The molecule has 1 heterocycles. The van der Waals surface area contributed by atoms with Crippen LogP contribution in [0.15, 0.2) is 42.5 Å². The molecule has 1 atom stereocenters. The highest BCUT2D eigenvalue weighted by Gasteiger charge is 2.24. The second-order valence-corrected chi connectivity index (χ2v) is 7.74. The molecule has 0 spiro atoms. The molecule has 0 saturated carbocycles. The molecule has 5 nitrogen and oxygen atoms in total. The molecule has 1 aliphatic heterocycles. The zero-order valence-corrected chi connectivity index (χ0v) is 17.5. The zero-order chi connectivity index (χ0) is 20.1. The summed E-state index contributed by atoms with van der Waals surface area (Å²) in [7, 11) is 5.62. The summed E-state index contributed by atoms with van der Waals surface area (Å²) < 4.78 is 5.31. The molecule has 0 unspecified atom stereocenters. The predicted octanol–water partition coefficient (Wildman–Crippen LogP) is 3.98. The number of carbonyl (C=O) groups excluding carboxylic acids is 1. The van der Waals surface area contributed by atoms with Crippen LogP contribution < -0.4 is 15.0 Å². The Morgan fingerprint density at radius 3 is 2.46 bits per heavy atom. The molecule has 28 heavy (non-hydrogen) atoms. The van der Waals surface area contributed by atoms with Crippen LogP contribution >= 0.6 is 11.6 Å². The van der Waals surface area contributed by atoms with Crippen molar-refractivity contribution < 1.29 is 9.53 Å². The van der Waals surface area contributed by atoms with Crippen molar-refractivity contribution in [1.82, 2.24) is 10.2 Å². The van der Waals surface area contributed by atoms with Gasteiger partial charge in [-0.1, -0.05) is 23.7 Å². The minimum absolute atomic E-state index is 0.146. The van der Waals surface area contributed by atoms with Gasteiger partial charge in [-0.15, -0.1) is 0 Å². The van der Waals surface area contributed by atoms with Gasteiger partial charge in [0.15, 0.2) is 0 Å². The number of nitrogens with one attached hydrogen (secondary N) is 1. The number of rotatable bonds is 7. The summed E-state index contributed by atoms with van der Waals surface area (Å²) in [5, 5.41) is 3.60. The van der Waals surface area contributed by atoms with Gasteiger partial charge >= 0.3 is 0 Å². The highest BCUT2D eigenvalue weighted by atomic mass is 35.5. The van der Waals surface area contributed by atoms with Crippen LogP contribution in [0.1, 0.15) is 34.8 Å². The van der Waals surface area contributed by atoms with E-state index in [1.807, 2.05) is 14.1 Å². The minimum atomic E-state index is -0.173. The Bertz CT molecular complexity index is 802. The summed E-state index contributed by atoms with van der Waals surface area (Å²) in [6.45, 7) is 2.64. The van der Waals surface area contributed by atoms with Gasteiger partial charge in [-0.05, 0) is 61.8 Å². The summed E-state index contributed by atoms with van der Waals surface area (Å²) in [6, 6.07) is 13.8. The lowest BCUT2D eigenvalue weighted by atomic mass is 10.0. The smallest absolute Gasteiger partial charge is 0.255 e. The van der Waals surface area contributed by atoms with E-state index in [9.17, 15) is 4.79 Å². The van der Waals surface area contributed by atoms with Crippen LogP contribution in [0.4, 0.5) is 5.69 Å². The largest absolute Gasteiger partial charge is 0.496 e. The summed E-state index contributed by atoms with van der Waals surface area (Å²) in [5.41, 5.74) is 2.83. The number of halogens is 1. The molecule has 6 heteroatoms. The second kappa shape index (κ2) is 9.30. The molecule has 1 aliphatic rings. The van der Waals surface area contributed by atoms with Crippen molar-refractivity contribution >= 4 is 23.2 Å². The molecular weight excluding hydrogens is 374 g/mol. The molecule has 0 aliphatic carbocycles. The molecule has 1 saturated heterocycles. The van der Waals surface area contributed by atoms with Crippen molar-refractivity contribution in [3.63, 3.8) is 0 Å². The summed E-state index contributed by atoms with van der Waals surface area (Å²) in [6.07, 6.45) is 2.39. The van der Waals surface area contributed by atoms with Gasteiger partial charge in [0, 0.05) is 31.4 Å². The number of benzene rings is 2. The third-order valence-electron chi connectivity index (χ3n) is 5.24. The van der Waals surface area contributed by atoms with Crippen molar-refractivity contribution in [2.45, 2.75) is 18.9 Å². The van der Waals surface area contributed by atoms with Crippen molar-refractivity contribution in [2.24, 2.45) is 0 Å². The van der Waals surface area contributed by atoms with E-state index in [0.717, 1.165) is 18.8 Å². The zero-order valence-electron chi connectivity index (χ0n) is 16.7. The van der Waals surface area contributed by atoms with Crippen LogP contribution in [-0.4, -0.2) is 51.6 Å². The SMILES string of the molecule is COc1ccc(Cl)cc1C(=O)NC[C@H](c1ccc(N(C)C)cc1)N1CCCC1. The highest BCUT2D eigenvalue weighted by Crippen LogP contribution is 2.27. The fraction of sp³-hybridized carbons (Fsp3) is 0.409. The van der Waals surface area contributed by atoms with Crippen molar-refractivity contribution in [3.05, 3.63) is 58.6 Å². The monoisotopic (exact) mass is 401 g/mol. The van der Waals surface area contributed by atoms with Crippen LogP contribution in [0.2, 0.25) is 5.02 Å². The van der Waals surface area contributed by atoms with Crippen molar-refractivity contribution in [3.8, 4) is 5.75 Å².